The summed E-state index contributed by atoms with van der Waals surface area (Å²) in [6.45, 7) is 6.52. The van der Waals surface area contributed by atoms with E-state index < -0.39 is 17.0 Å². The van der Waals surface area contributed by atoms with Crippen molar-refractivity contribution in [1.29, 1.82) is 0 Å². The summed E-state index contributed by atoms with van der Waals surface area (Å²) in [5, 5.41) is 9.12. The summed E-state index contributed by atoms with van der Waals surface area (Å²) in [6, 6.07) is 0. The highest BCUT2D eigenvalue weighted by Gasteiger charge is 2.38. The Balaban J connectivity index is 2.53. The molecule has 0 aliphatic carbocycles. The van der Waals surface area contributed by atoms with Gasteiger partial charge in [-0.3, -0.25) is 9.59 Å². The molecule has 0 atom stereocenters. The fourth-order valence-corrected chi connectivity index (χ4v) is 2.01. The number of hydrogen-bond acceptors (Lipinski definition) is 3. The van der Waals surface area contributed by atoms with E-state index in [9.17, 15) is 9.59 Å². The predicted octanol–water partition coefficient (Wildman–Crippen LogP) is 1.51. The molecule has 1 N–H and O–H groups in total. The number of methoxy groups -OCH3 is 1. The van der Waals surface area contributed by atoms with Crippen molar-refractivity contribution in [3.63, 3.8) is 0 Å². The van der Waals surface area contributed by atoms with E-state index in [2.05, 4.69) is 0 Å². The third-order valence-corrected chi connectivity index (χ3v) is 3.87. The van der Waals surface area contributed by atoms with Crippen molar-refractivity contribution < 1.29 is 19.4 Å². The smallest absolute Gasteiger partial charge is 0.309 e. The summed E-state index contributed by atoms with van der Waals surface area (Å²) in [7, 11) is 1.59. The normalized spacial score (nSPS) is 19.7. The molecular weight excluding hydrogens is 234 g/mol. The van der Waals surface area contributed by atoms with Gasteiger partial charge in [0.25, 0.3) is 0 Å². The summed E-state index contributed by atoms with van der Waals surface area (Å²) in [4.78, 5) is 24.9. The molecule has 1 heterocycles. The van der Waals surface area contributed by atoms with E-state index in [0.29, 0.717) is 32.4 Å². The molecule has 5 nitrogen and oxygen atoms in total. The van der Waals surface area contributed by atoms with Crippen molar-refractivity contribution in [3.05, 3.63) is 0 Å². The van der Waals surface area contributed by atoms with Crippen LogP contribution >= 0.6 is 0 Å². The van der Waals surface area contributed by atoms with Crippen molar-refractivity contribution in [2.75, 3.05) is 20.2 Å². The molecule has 0 aromatic heterocycles. The summed E-state index contributed by atoms with van der Waals surface area (Å²) >= 11 is 0. The molecular formula is C13H23NO4. The van der Waals surface area contributed by atoms with Gasteiger partial charge in [0.1, 0.15) is 0 Å². The van der Waals surface area contributed by atoms with E-state index in [1.54, 1.807) is 18.9 Å². The second-order valence-corrected chi connectivity index (χ2v) is 5.89. The Labute approximate surface area is 108 Å². The van der Waals surface area contributed by atoms with Gasteiger partial charge in [-0.05, 0) is 33.6 Å². The molecule has 0 aromatic carbocycles. The van der Waals surface area contributed by atoms with Crippen LogP contribution in [0.3, 0.4) is 0 Å². The molecule has 0 radical (unpaired) electrons. The highest BCUT2D eigenvalue weighted by molar-refractivity contribution is 5.78. The third kappa shape index (κ3) is 3.45. The number of carbonyl (C=O) groups is 2. The van der Waals surface area contributed by atoms with Crippen LogP contribution in [0.25, 0.3) is 0 Å². The lowest BCUT2D eigenvalue weighted by atomic mass is 9.80. The molecule has 5 heteroatoms. The molecule has 1 amide bonds. The zero-order valence-electron chi connectivity index (χ0n) is 11.7. The predicted molar refractivity (Wildman–Crippen MR) is 67.3 cm³/mol. The first-order valence-corrected chi connectivity index (χ1v) is 6.26. The second-order valence-electron chi connectivity index (χ2n) is 5.89. The van der Waals surface area contributed by atoms with Gasteiger partial charge < -0.3 is 14.7 Å². The Kier molecular flexibility index (Phi) is 4.37. The zero-order chi connectivity index (χ0) is 14.0. The van der Waals surface area contributed by atoms with Crippen LogP contribution in [0.4, 0.5) is 0 Å². The maximum absolute atomic E-state index is 12.1. The minimum Gasteiger partial charge on any atom is -0.481 e. The average Bonchev–Trinajstić information content (AvgIpc) is 2.29. The zero-order valence-corrected chi connectivity index (χ0v) is 11.7. The minimum absolute atomic E-state index is 0.0364. The number of carboxylic acid groups (broad SMARTS) is 1. The van der Waals surface area contributed by atoms with Crippen molar-refractivity contribution in [1.82, 2.24) is 4.90 Å². The van der Waals surface area contributed by atoms with Gasteiger partial charge in [-0.1, -0.05) is 0 Å². The van der Waals surface area contributed by atoms with E-state index in [1.165, 1.54) is 0 Å². The number of carboxylic acids is 1. The van der Waals surface area contributed by atoms with E-state index >= 15 is 0 Å². The number of nitrogens with zero attached hydrogens (tertiary/aromatic N) is 1. The first-order valence-electron chi connectivity index (χ1n) is 6.26. The van der Waals surface area contributed by atoms with E-state index in [1.807, 2.05) is 13.8 Å². The molecule has 104 valence electrons. The lowest BCUT2D eigenvalue weighted by Crippen LogP contribution is -2.46. The highest BCUT2D eigenvalue weighted by Crippen LogP contribution is 2.31. The summed E-state index contributed by atoms with van der Waals surface area (Å²) in [6.07, 6.45) is 1.36. The number of aliphatic carboxylic acids is 1. The fraction of sp³-hybridized carbons (Fsp3) is 0.846. The van der Waals surface area contributed by atoms with Crippen LogP contribution in [0.15, 0.2) is 0 Å². The van der Waals surface area contributed by atoms with Crippen LogP contribution in [-0.2, 0) is 14.3 Å². The standard InChI is InChI=1S/C13H23NO4/c1-12(2,18-4)9-10(15)14-7-5-13(3,6-8-14)11(16)17/h5-9H2,1-4H3,(H,16,17). The molecule has 1 aliphatic heterocycles. The van der Waals surface area contributed by atoms with Crippen LogP contribution in [0.5, 0.6) is 0 Å². The molecule has 18 heavy (non-hydrogen) atoms. The third-order valence-electron chi connectivity index (χ3n) is 3.87. The maximum Gasteiger partial charge on any atom is 0.309 e. The van der Waals surface area contributed by atoms with Crippen LogP contribution in [0.2, 0.25) is 0 Å². The molecule has 1 fully saturated rings. The Hall–Kier alpha value is -1.10. The number of ether oxygens (including phenoxy) is 1. The monoisotopic (exact) mass is 257 g/mol. The molecule has 0 saturated carbocycles. The topological polar surface area (TPSA) is 66.8 Å². The minimum atomic E-state index is -0.771. The number of hydrogen-bond donors (Lipinski definition) is 1. The van der Waals surface area contributed by atoms with Crippen molar-refractivity contribution in [3.8, 4) is 0 Å². The summed E-state index contributed by atoms with van der Waals surface area (Å²) in [5.41, 5.74) is -1.15. The largest absolute Gasteiger partial charge is 0.481 e. The van der Waals surface area contributed by atoms with Gasteiger partial charge in [0.05, 0.1) is 17.4 Å². The van der Waals surface area contributed by atoms with E-state index in [4.69, 9.17) is 9.84 Å². The van der Waals surface area contributed by atoms with Crippen LogP contribution in [0.1, 0.15) is 40.0 Å². The SMILES string of the molecule is COC(C)(C)CC(=O)N1CCC(C)(C(=O)O)CC1. The van der Waals surface area contributed by atoms with Gasteiger partial charge in [0, 0.05) is 20.2 Å². The quantitative estimate of drug-likeness (QED) is 0.829. The van der Waals surface area contributed by atoms with Crippen LogP contribution in [0, 0.1) is 5.41 Å². The Morgan fingerprint density at radius 1 is 1.33 bits per heavy atom. The van der Waals surface area contributed by atoms with Gasteiger partial charge in [-0.25, -0.2) is 0 Å². The van der Waals surface area contributed by atoms with Crippen molar-refractivity contribution in [2.45, 2.75) is 45.6 Å². The molecule has 1 rings (SSSR count). The van der Waals surface area contributed by atoms with Crippen LogP contribution in [-0.4, -0.2) is 47.7 Å². The molecule has 1 saturated heterocycles. The molecule has 1 aliphatic rings. The lowest BCUT2D eigenvalue weighted by Gasteiger charge is -2.37. The molecule has 0 bridgehead atoms. The molecule has 0 aromatic rings. The van der Waals surface area contributed by atoms with E-state index in [0.717, 1.165) is 0 Å². The Morgan fingerprint density at radius 2 is 1.83 bits per heavy atom. The first-order chi connectivity index (χ1) is 8.20. The average molecular weight is 257 g/mol. The lowest BCUT2D eigenvalue weighted by molar-refractivity contribution is -0.154. The highest BCUT2D eigenvalue weighted by atomic mass is 16.5. The van der Waals surface area contributed by atoms with Gasteiger partial charge >= 0.3 is 5.97 Å². The number of piperidine rings is 1. The van der Waals surface area contributed by atoms with E-state index in [-0.39, 0.29) is 5.91 Å². The van der Waals surface area contributed by atoms with Crippen LogP contribution < -0.4 is 0 Å². The van der Waals surface area contributed by atoms with Crippen molar-refractivity contribution >= 4 is 11.9 Å². The van der Waals surface area contributed by atoms with Crippen molar-refractivity contribution in [2.24, 2.45) is 5.41 Å². The fourth-order valence-electron chi connectivity index (χ4n) is 2.01. The number of likely N-dealkylation sites (tertiary alicyclic amines) is 1. The number of carbonyl (C=O) groups excluding carboxylic acids is 1. The molecule has 0 unspecified atom stereocenters. The number of amides is 1. The first kappa shape index (κ1) is 15.0. The maximum atomic E-state index is 12.1. The second kappa shape index (κ2) is 5.26. The Bertz CT molecular complexity index is 330. The van der Waals surface area contributed by atoms with Gasteiger partial charge in [-0.15, -0.1) is 0 Å². The van der Waals surface area contributed by atoms with Gasteiger partial charge in [0.2, 0.25) is 5.91 Å². The van der Waals surface area contributed by atoms with Gasteiger partial charge in [0.15, 0.2) is 0 Å². The van der Waals surface area contributed by atoms with Gasteiger partial charge in [-0.2, -0.15) is 0 Å². The Morgan fingerprint density at radius 3 is 2.22 bits per heavy atom. The number of rotatable bonds is 4. The molecule has 0 spiro atoms. The summed E-state index contributed by atoms with van der Waals surface area (Å²) < 4.78 is 5.24. The summed E-state index contributed by atoms with van der Waals surface area (Å²) in [5.74, 6) is -0.735.